The number of alkyl carbamates (subject to hydrolysis) is 1. The van der Waals surface area contributed by atoms with Crippen LogP contribution in [0.5, 0.6) is 5.75 Å². The summed E-state index contributed by atoms with van der Waals surface area (Å²) in [7, 11) is 0. The van der Waals surface area contributed by atoms with Crippen LogP contribution in [0.1, 0.15) is 104 Å². The summed E-state index contributed by atoms with van der Waals surface area (Å²) in [5.74, 6) is -2.84. The van der Waals surface area contributed by atoms with Crippen molar-refractivity contribution >= 4 is 29.8 Å². The molecule has 3 atom stereocenters. The predicted molar refractivity (Wildman–Crippen MR) is 186 cm³/mol. The van der Waals surface area contributed by atoms with Gasteiger partial charge < -0.3 is 35.8 Å². The minimum absolute atomic E-state index is 0.0887. The number of aromatic hydroxyl groups is 1. The molecule has 3 unspecified atom stereocenters. The van der Waals surface area contributed by atoms with E-state index in [2.05, 4.69) is 10.6 Å². The molecule has 0 radical (unpaired) electrons. The number of nitrogens with two attached hydrogens (primary N) is 1. The van der Waals surface area contributed by atoms with Crippen molar-refractivity contribution in [1.29, 1.82) is 0 Å². The number of carbonyl (C=O) groups excluding carboxylic acids is 5. The zero-order chi connectivity index (χ0) is 36.8. The van der Waals surface area contributed by atoms with Crippen LogP contribution in [0.15, 0.2) is 54.6 Å². The molecule has 270 valence electrons. The van der Waals surface area contributed by atoms with Crippen molar-refractivity contribution < 1.29 is 38.6 Å². The van der Waals surface area contributed by atoms with Crippen LogP contribution in [0.2, 0.25) is 0 Å². The molecule has 49 heavy (non-hydrogen) atoms. The molecule has 4 amide bonds. The molecule has 0 aliphatic rings. The smallest absolute Gasteiger partial charge is 0.408 e. The maximum Gasteiger partial charge on any atom is 0.408 e. The van der Waals surface area contributed by atoms with Crippen LogP contribution in [0, 0.1) is 0 Å². The first kappa shape index (κ1) is 40.6. The second-order valence-corrected chi connectivity index (χ2v) is 14.1. The van der Waals surface area contributed by atoms with E-state index in [-0.39, 0.29) is 37.1 Å². The minimum Gasteiger partial charge on any atom is -0.508 e. The number of carbonyl (C=O) groups is 5. The van der Waals surface area contributed by atoms with Crippen molar-refractivity contribution in [3.63, 3.8) is 0 Å². The zero-order valence-corrected chi connectivity index (χ0v) is 29.9. The minimum atomic E-state index is -1.35. The molecule has 0 spiro atoms. The maximum atomic E-state index is 14.5. The second kappa shape index (κ2) is 18.8. The first-order valence-corrected chi connectivity index (χ1v) is 16.8. The number of unbranched alkanes of at least 4 members (excludes halogenated alkanes) is 3. The molecule has 5 N–H and O–H groups in total. The Labute approximate surface area is 290 Å². The Kier molecular flexibility index (Phi) is 15.6. The Balaban J connectivity index is 2.64. The largest absolute Gasteiger partial charge is 0.508 e. The Hall–Kier alpha value is -4.61. The van der Waals surface area contributed by atoms with Gasteiger partial charge in [0.2, 0.25) is 17.7 Å². The molecule has 0 fully saturated rings. The molecule has 0 aliphatic heterocycles. The first-order valence-electron chi connectivity index (χ1n) is 16.8. The number of nitrogens with zero attached hydrogens (tertiary/aromatic N) is 1. The summed E-state index contributed by atoms with van der Waals surface area (Å²) in [6, 6.07) is 11.3. The molecule has 0 aliphatic carbocycles. The third-order valence-electron chi connectivity index (χ3n) is 7.24. The van der Waals surface area contributed by atoms with Gasteiger partial charge in [0.15, 0.2) is 0 Å². The van der Waals surface area contributed by atoms with E-state index in [1.54, 1.807) is 53.7 Å². The normalized spacial score (nSPS) is 13.4. The highest BCUT2D eigenvalue weighted by Crippen LogP contribution is 2.27. The summed E-state index contributed by atoms with van der Waals surface area (Å²) in [5, 5.41) is 15.8. The van der Waals surface area contributed by atoms with E-state index in [0.29, 0.717) is 6.42 Å². The lowest BCUT2D eigenvalue weighted by Gasteiger charge is -2.35. The monoisotopic (exact) mass is 682 g/mol. The fourth-order valence-corrected chi connectivity index (χ4v) is 5.10. The maximum absolute atomic E-state index is 14.5. The number of ether oxygens (including phenoxy) is 2. The quantitative estimate of drug-likeness (QED) is 0.132. The second-order valence-electron chi connectivity index (χ2n) is 14.1. The zero-order valence-electron chi connectivity index (χ0n) is 29.9. The fourth-order valence-electron chi connectivity index (χ4n) is 5.10. The van der Waals surface area contributed by atoms with Gasteiger partial charge in [-0.1, -0.05) is 68.7 Å². The number of phenols is 1. The Morgan fingerprint density at radius 3 is 2.06 bits per heavy atom. The third-order valence-corrected chi connectivity index (χ3v) is 7.24. The molecule has 0 bridgehead atoms. The van der Waals surface area contributed by atoms with Crippen LogP contribution >= 0.6 is 0 Å². The predicted octanol–water partition coefficient (Wildman–Crippen LogP) is 5.07. The molecule has 2 rings (SSSR count). The summed E-state index contributed by atoms with van der Waals surface area (Å²) >= 11 is 0. The number of hydrogen-bond donors (Lipinski definition) is 4. The Morgan fingerprint density at radius 1 is 0.837 bits per heavy atom. The van der Waals surface area contributed by atoms with Crippen molar-refractivity contribution in [2.24, 2.45) is 5.73 Å². The number of hydrogen-bond acceptors (Lipinski definition) is 8. The van der Waals surface area contributed by atoms with E-state index >= 15 is 0 Å². The highest BCUT2D eigenvalue weighted by molar-refractivity contribution is 5.94. The van der Waals surface area contributed by atoms with E-state index in [4.69, 9.17) is 15.2 Å². The fraction of sp³-hybridized carbons (Fsp3) is 0.541. The van der Waals surface area contributed by atoms with Crippen LogP contribution in [0.4, 0.5) is 4.79 Å². The number of esters is 1. The first-order chi connectivity index (χ1) is 22.9. The lowest BCUT2D eigenvalue weighted by atomic mass is 9.99. The molecule has 12 nitrogen and oxygen atoms in total. The van der Waals surface area contributed by atoms with Crippen molar-refractivity contribution in [2.45, 2.75) is 123 Å². The van der Waals surface area contributed by atoms with E-state index < -0.39 is 59.1 Å². The van der Waals surface area contributed by atoms with Gasteiger partial charge in [0.25, 0.3) is 0 Å². The standard InChI is InChI=1S/C37H54N4O8/c1-8-9-10-14-22-41(33(45)28(20-21-30(38)43)40-35(47)49-37(5,6)7)31(26-18-15-19-27(42)24-26)32(44)39-29(34(46)48-36(2,3)4)23-25-16-12-11-13-17-25/h11-13,15-19,24,28-29,31,42H,8-10,14,20-23H2,1-7H3,(H2,38,43)(H,39,44)(H,40,47). The van der Waals surface area contributed by atoms with Crippen molar-refractivity contribution in [1.82, 2.24) is 15.5 Å². The summed E-state index contributed by atoms with van der Waals surface area (Å²) in [4.78, 5) is 68.5. The van der Waals surface area contributed by atoms with Gasteiger partial charge in [0.05, 0.1) is 0 Å². The number of rotatable bonds is 17. The van der Waals surface area contributed by atoms with Crippen molar-refractivity contribution in [3.8, 4) is 5.75 Å². The Bertz CT molecular complexity index is 1400. The average Bonchev–Trinajstić information content (AvgIpc) is 2.98. The number of amides is 4. The molecule has 0 saturated carbocycles. The van der Waals surface area contributed by atoms with Crippen LogP contribution in [-0.2, 0) is 35.1 Å². The SMILES string of the molecule is CCCCCCN(C(=O)C(CCC(N)=O)NC(=O)OC(C)(C)C)C(C(=O)NC(Cc1ccccc1)C(=O)OC(C)(C)C)c1cccc(O)c1. The van der Waals surface area contributed by atoms with Crippen LogP contribution < -0.4 is 16.4 Å². The summed E-state index contributed by atoms with van der Waals surface area (Å²) in [5.41, 5.74) is 4.75. The van der Waals surface area contributed by atoms with E-state index in [1.807, 2.05) is 37.3 Å². The van der Waals surface area contributed by atoms with Gasteiger partial charge in [-0.25, -0.2) is 9.59 Å². The molecular weight excluding hydrogens is 628 g/mol. The lowest BCUT2D eigenvalue weighted by Crippen LogP contribution is -2.55. The van der Waals surface area contributed by atoms with Gasteiger partial charge in [-0.3, -0.25) is 14.4 Å². The summed E-state index contributed by atoms with van der Waals surface area (Å²) < 4.78 is 11.1. The van der Waals surface area contributed by atoms with Crippen LogP contribution in [-0.4, -0.2) is 69.6 Å². The summed E-state index contributed by atoms with van der Waals surface area (Å²) in [6.45, 7) is 12.3. The van der Waals surface area contributed by atoms with Gasteiger partial charge in [-0.2, -0.15) is 0 Å². The van der Waals surface area contributed by atoms with Gasteiger partial charge in [-0.15, -0.1) is 0 Å². The number of benzene rings is 2. The van der Waals surface area contributed by atoms with Gasteiger partial charge >= 0.3 is 12.1 Å². The number of phenolic OH excluding ortho intramolecular Hbond substituents is 1. The Morgan fingerprint density at radius 2 is 1.49 bits per heavy atom. The van der Waals surface area contributed by atoms with Gasteiger partial charge in [0, 0.05) is 19.4 Å². The molecule has 0 heterocycles. The molecule has 0 aromatic heterocycles. The van der Waals surface area contributed by atoms with E-state index in [0.717, 1.165) is 24.8 Å². The summed E-state index contributed by atoms with van der Waals surface area (Å²) in [6.07, 6.45) is 1.91. The molecule has 12 heteroatoms. The molecular formula is C37H54N4O8. The van der Waals surface area contributed by atoms with E-state index in [1.165, 1.54) is 17.0 Å². The topological polar surface area (TPSA) is 177 Å². The van der Waals surface area contributed by atoms with Gasteiger partial charge in [0.1, 0.15) is 35.1 Å². The molecule has 2 aromatic carbocycles. The molecule has 0 saturated heterocycles. The highest BCUT2D eigenvalue weighted by atomic mass is 16.6. The van der Waals surface area contributed by atoms with Crippen LogP contribution in [0.3, 0.4) is 0 Å². The van der Waals surface area contributed by atoms with Crippen molar-refractivity contribution in [2.75, 3.05) is 6.54 Å². The third kappa shape index (κ3) is 15.0. The van der Waals surface area contributed by atoms with E-state index in [9.17, 15) is 29.1 Å². The average molecular weight is 683 g/mol. The lowest BCUT2D eigenvalue weighted by molar-refractivity contribution is -0.159. The van der Waals surface area contributed by atoms with Gasteiger partial charge in [-0.05, 0) is 77.6 Å². The highest BCUT2D eigenvalue weighted by Gasteiger charge is 2.38. The number of primary amides is 1. The van der Waals surface area contributed by atoms with Crippen molar-refractivity contribution in [3.05, 3.63) is 65.7 Å². The number of nitrogens with one attached hydrogen (secondary N) is 2. The molecule has 2 aromatic rings. The van der Waals surface area contributed by atoms with Crippen LogP contribution in [0.25, 0.3) is 0 Å².